The summed E-state index contributed by atoms with van der Waals surface area (Å²) in [4.78, 5) is 25.5. The zero-order chi connectivity index (χ0) is 30.0. The number of nitrogens with zero attached hydrogens (tertiary/aromatic N) is 1. The lowest BCUT2D eigenvalue weighted by Crippen LogP contribution is -2.36. The molecule has 0 bridgehead atoms. The maximum Gasteiger partial charge on any atom is 0.305 e. The van der Waals surface area contributed by atoms with Gasteiger partial charge < -0.3 is 18.8 Å². The van der Waals surface area contributed by atoms with Gasteiger partial charge in [-0.15, -0.1) is 0 Å². The molecular weight excluding hydrogens is 585 g/mol. The van der Waals surface area contributed by atoms with Crippen molar-refractivity contribution in [3.05, 3.63) is 129 Å². The molecule has 0 saturated carbocycles. The van der Waals surface area contributed by atoms with Crippen molar-refractivity contribution in [3.63, 3.8) is 0 Å². The molecular formula is C35H29Cl2NO5. The van der Waals surface area contributed by atoms with E-state index in [0.29, 0.717) is 53.1 Å². The van der Waals surface area contributed by atoms with Gasteiger partial charge in [0.15, 0.2) is 17.3 Å². The molecule has 1 aliphatic heterocycles. The summed E-state index contributed by atoms with van der Waals surface area (Å²) in [5.41, 5.74) is 3.93. The predicted octanol–water partition coefficient (Wildman–Crippen LogP) is 8.39. The molecule has 0 spiro atoms. The number of aromatic nitrogens is 1. The Hall–Kier alpha value is -4.26. The first-order chi connectivity index (χ1) is 20.9. The van der Waals surface area contributed by atoms with Crippen LogP contribution < -0.4 is 9.47 Å². The fourth-order valence-electron chi connectivity index (χ4n) is 5.46. The number of ether oxygens (including phenoxy) is 3. The number of esters is 1. The number of rotatable bonds is 10. The first kappa shape index (κ1) is 28.8. The van der Waals surface area contributed by atoms with Crippen LogP contribution >= 0.6 is 23.2 Å². The summed E-state index contributed by atoms with van der Waals surface area (Å²) in [5, 5.41) is 2.09. The van der Waals surface area contributed by atoms with E-state index in [9.17, 15) is 9.59 Å². The van der Waals surface area contributed by atoms with E-state index in [2.05, 4.69) is 0 Å². The van der Waals surface area contributed by atoms with Crippen molar-refractivity contribution in [3.8, 4) is 11.5 Å². The second kappa shape index (κ2) is 12.2. The van der Waals surface area contributed by atoms with E-state index in [-0.39, 0.29) is 18.2 Å². The SMILES string of the molecule is CCOC(=O)CCCn1cc(C(=O)Cc2ccc3c(c2)OC(c2ccc(Cl)cc2)(c2ccc(Cl)cc2)O3)c2ccccc21. The van der Waals surface area contributed by atoms with Crippen LogP contribution in [-0.4, -0.2) is 22.9 Å². The van der Waals surface area contributed by atoms with E-state index in [4.69, 9.17) is 37.4 Å². The standard InChI is InChI=1S/C35H29Cl2NO5/c1-2-41-34(40)8-5-19-38-22-29(28-6-3-4-7-30(28)38)31(39)20-23-9-18-32-33(21-23)43-35(42-32,24-10-14-26(36)15-11-24)25-12-16-27(37)17-13-25/h3-4,6-7,9-18,21-22H,2,5,8,19-20H2,1H3. The maximum absolute atomic E-state index is 13.7. The molecule has 0 amide bonds. The molecule has 0 saturated heterocycles. The van der Waals surface area contributed by atoms with Gasteiger partial charge in [0.2, 0.25) is 0 Å². The zero-order valence-electron chi connectivity index (χ0n) is 23.5. The third-order valence-corrected chi connectivity index (χ3v) is 8.01. The van der Waals surface area contributed by atoms with Crippen LogP contribution in [0.15, 0.2) is 97.2 Å². The Morgan fingerprint density at radius 1 is 0.837 bits per heavy atom. The minimum absolute atomic E-state index is 0.0131. The van der Waals surface area contributed by atoms with Gasteiger partial charge in [-0.25, -0.2) is 0 Å². The zero-order valence-corrected chi connectivity index (χ0v) is 25.0. The quantitative estimate of drug-likeness (QED) is 0.117. The molecule has 0 N–H and O–H groups in total. The molecule has 2 heterocycles. The molecule has 5 aromatic rings. The normalized spacial score (nSPS) is 13.3. The van der Waals surface area contributed by atoms with Gasteiger partial charge in [-0.2, -0.15) is 0 Å². The molecule has 0 atom stereocenters. The fraction of sp³-hybridized carbons (Fsp3) is 0.200. The second-order valence-electron chi connectivity index (χ2n) is 10.4. The third-order valence-electron chi connectivity index (χ3n) is 7.50. The summed E-state index contributed by atoms with van der Waals surface area (Å²) in [6.07, 6.45) is 3.02. The average Bonchev–Trinajstić information content (AvgIpc) is 3.57. The van der Waals surface area contributed by atoms with Crippen molar-refractivity contribution in [2.75, 3.05) is 6.61 Å². The van der Waals surface area contributed by atoms with Crippen LogP contribution in [0.25, 0.3) is 10.9 Å². The molecule has 6 rings (SSSR count). The Morgan fingerprint density at radius 3 is 2.16 bits per heavy atom. The summed E-state index contributed by atoms with van der Waals surface area (Å²) in [6, 6.07) is 28.1. The number of benzene rings is 4. The lowest BCUT2D eigenvalue weighted by Gasteiger charge is -2.28. The van der Waals surface area contributed by atoms with Gasteiger partial charge in [0, 0.05) is 63.2 Å². The van der Waals surface area contributed by atoms with E-state index >= 15 is 0 Å². The minimum Gasteiger partial charge on any atom is -0.466 e. The number of halogens is 2. The van der Waals surface area contributed by atoms with Crippen molar-refractivity contribution in [1.82, 2.24) is 4.57 Å². The highest BCUT2D eigenvalue weighted by atomic mass is 35.5. The van der Waals surface area contributed by atoms with Crippen molar-refractivity contribution in [2.45, 2.75) is 38.5 Å². The van der Waals surface area contributed by atoms with Gasteiger partial charge >= 0.3 is 11.8 Å². The maximum atomic E-state index is 13.7. The lowest BCUT2D eigenvalue weighted by molar-refractivity contribution is -0.143. The summed E-state index contributed by atoms with van der Waals surface area (Å²) in [6.45, 7) is 2.77. The molecule has 4 aromatic carbocycles. The Bertz CT molecular complexity index is 1750. The van der Waals surface area contributed by atoms with E-state index in [1.165, 1.54) is 0 Å². The highest BCUT2D eigenvalue weighted by molar-refractivity contribution is 6.30. The molecule has 1 aliphatic rings. The highest BCUT2D eigenvalue weighted by Crippen LogP contribution is 2.48. The number of fused-ring (bicyclic) bond motifs is 2. The Balaban J connectivity index is 1.25. The van der Waals surface area contributed by atoms with E-state index in [0.717, 1.165) is 27.6 Å². The first-order valence-corrected chi connectivity index (χ1v) is 14.9. The minimum atomic E-state index is -1.24. The number of carbonyl (C=O) groups excluding carboxylic acids is 2. The molecule has 0 unspecified atom stereocenters. The highest BCUT2D eigenvalue weighted by Gasteiger charge is 2.45. The van der Waals surface area contributed by atoms with Gasteiger partial charge in [0.1, 0.15) is 0 Å². The van der Waals surface area contributed by atoms with Crippen LogP contribution in [0, 0.1) is 0 Å². The summed E-state index contributed by atoms with van der Waals surface area (Å²) < 4.78 is 20.1. The Kier molecular flexibility index (Phi) is 8.15. The lowest BCUT2D eigenvalue weighted by atomic mass is 9.97. The molecule has 0 aliphatic carbocycles. The number of para-hydroxylation sites is 1. The van der Waals surface area contributed by atoms with Crippen LogP contribution in [0.3, 0.4) is 0 Å². The largest absolute Gasteiger partial charge is 0.466 e. The number of hydrogen-bond donors (Lipinski definition) is 0. The van der Waals surface area contributed by atoms with Gasteiger partial charge in [0.25, 0.3) is 0 Å². The molecule has 1 aromatic heterocycles. The molecule has 0 radical (unpaired) electrons. The van der Waals surface area contributed by atoms with Crippen LogP contribution in [0.2, 0.25) is 10.0 Å². The molecule has 0 fully saturated rings. The fourth-order valence-corrected chi connectivity index (χ4v) is 5.71. The molecule has 6 nitrogen and oxygen atoms in total. The van der Waals surface area contributed by atoms with Gasteiger partial charge in [-0.3, -0.25) is 9.59 Å². The number of aryl methyl sites for hydroxylation is 1. The van der Waals surface area contributed by atoms with Crippen LogP contribution in [0.1, 0.15) is 46.8 Å². The van der Waals surface area contributed by atoms with Gasteiger partial charge in [-0.1, -0.05) is 47.5 Å². The van der Waals surface area contributed by atoms with E-state index in [1.54, 1.807) is 31.2 Å². The van der Waals surface area contributed by atoms with Crippen molar-refractivity contribution >= 4 is 45.9 Å². The van der Waals surface area contributed by atoms with Crippen LogP contribution in [-0.2, 0) is 28.3 Å². The third kappa shape index (κ3) is 5.85. The van der Waals surface area contributed by atoms with E-state index in [1.807, 2.05) is 77.5 Å². The topological polar surface area (TPSA) is 66.8 Å². The number of hydrogen-bond acceptors (Lipinski definition) is 5. The van der Waals surface area contributed by atoms with Crippen molar-refractivity contribution < 1.29 is 23.8 Å². The van der Waals surface area contributed by atoms with E-state index < -0.39 is 5.79 Å². The molecule has 218 valence electrons. The van der Waals surface area contributed by atoms with Gasteiger partial charge in [0.05, 0.1) is 6.61 Å². The van der Waals surface area contributed by atoms with Crippen molar-refractivity contribution in [2.24, 2.45) is 0 Å². The van der Waals surface area contributed by atoms with Crippen LogP contribution in [0.5, 0.6) is 11.5 Å². The number of ketones is 1. The van der Waals surface area contributed by atoms with Crippen LogP contribution in [0.4, 0.5) is 0 Å². The smallest absolute Gasteiger partial charge is 0.305 e. The molecule has 43 heavy (non-hydrogen) atoms. The van der Waals surface area contributed by atoms with Crippen molar-refractivity contribution in [1.29, 1.82) is 0 Å². The Morgan fingerprint density at radius 2 is 1.49 bits per heavy atom. The predicted molar refractivity (Wildman–Crippen MR) is 167 cm³/mol. The summed E-state index contributed by atoms with van der Waals surface area (Å²) >= 11 is 12.4. The number of carbonyl (C=O) groups is 2. The number of Topliss-reactive ketones (excluding diaryl/α,β-unsaturated/α-hetero) is 1. The average molecular weight is 615 g/mol. The van der Waals surface area contributed by atoms with Gasteiger partial charge in [-0.05, 0) is 85.6 Å². The monoisotopic (exact) mass is 613 g/mol. The second-order valence-corrected chi connectivity index (χ2v) is 11.3. The molecule has 8 heteroatoms. The first-order valence-electron chi connectivity index (χ1n) is 14.2. The Labute approximate surface area is 259 Å². The summed E-state index contributed by atoms with van der Waals surface area (Å²) in [5.74, 6) is -0.358. The summed E-state index contributed by atoms with van der Waals surface area (Å²) in [7, 11) is 0.